The van der Waals surface area contributed by atoms with Gasteiger partial charge in [-0.1, -0.05) is 5.16 Å². The van der Waals surface area contributed by atoms with Gasteiger partial charge in [0.05, 0.1) is 16.7 Å². The molecule has 3 rings (SSSR count). The van der Waals surface area contributed by atoms with Crippen LogP contribution in [0.2, 0.25) is 0 Å². The normalized spacial score (nSPS) is 15.2. The first-order chi connectivity index (χ1) is 12.5. The number of alkyl halides is 4. The molecule has 0 bridgehead atoms. The second-order valence-corrected chi connectivity index (χ2v) is 8.09. The van der Waals surface area contributed by atoms with Crippen LogP contribution in [0, 0.1) is 0 Å². The molecule has 1 aromatic heterocycles. The van der Waals surface area contributed by atoms with E-state index in [4.69, 9.17) is 4.52 Å². The fourth-order valence-corrected chi connectivity index (χ4v) is 3.36. The van der Waals surface area contributed by atoms with Crippen molar-refractivity contribution in [2.45, 2.75) is 36.2 Å². The Bertz CT molecular complexity index is 982. The van der Waals surface area contributed by atoms with E-state index in [1.807, 2.05) is 0 Å². The van der Waals surface area contributed by atoms with E-state index in [1.54, 1.807) is 0 Å². The largest absolute Gasteiger partial charge is 0.461 e. The first-order valence-corrected chi connectivity index (χ1v) is 9.58. The average Bonchev–Trinajstić information content (AvgIpc) is 3.29. The third-order valence-electron chi connectivity index (χ3n) is 3.90. The summed E-state index contributed by atoms with van der Waals surface area (Å²) in [7, 11) is -4.07. The van der Waals surface area contributed by atoms with Gasteiger partial charge in [0.1, 0.15) is 5.75 Å². The summed E-state index contributed by atoms with van der Waals surface area (Å²) >= 11 is 0. The molecule has 146 valence electrons. The van der Waals surface area contributed by atoms with Gasteiger partial charge >= 0.3 is 12.5 Å². The monoisotopic (exact) mass is 407 g/mol. The summed E-state index contributed by atoms with van der Waals surface area (Å²) in [5.74, 6) is -1.21. The number of carbonyl (C=O) groups excluding carboxylic acids is 1. The van der Waals surface area contributed by atoms with Crippen molar-refractivity contribution < 1.29 is 40.0 Å². The summed E-state index contributed by atoms with van der Waals surface area (Å²) in [6, 6.07) is 2.37. The quantitative estimate of drug-likeness (QED) is 0.516. The van der Waals surface area contributed by atoms with Crippen LogP contribution in [0.4, 0.5) is 17.6 Å². The lowest BCUT2D eigenvalue weighted by Gasteiger charge is -2.18. The van der Waals surface area contributed by atoms with Crippen molar-refractivity contribution in [1.82, 2.24) is 5.16 Å². The van der Waals surface area contributed by atoms with Crippen LogP contribution in [0.5, 0.6) is 5.75 Å². The fraction of sp³-hybridized carbons (Fsp3) is 0.375. The number of hydrogen-bond acceptors (Lipinski definition) is 6. The Labute approximate surface area is 151 Å². The highest BCUT2D eigenvalue weighted by Crippen LogP contribution is 2.42. The Kier molecular flexibility index (Phi) is 4.74. The standard InChI is InChI=1S/C16H13F4NO5S/c1-27(23,24)12-6-9(25-16(19,20)15(17)18)4-5-10(12)13(22)11-7-21-26-14(11)8-2-3-8/h4-8,15H,2-3H2,1H3. The van der Waals surface area contributed by atoms with E-state index in [0.717, 1.165) is 37.4 Å². The molecule has 0 N–H and O–H groups in total. The van der Waals surface area contributed by atoms with E-state index in [2.05, 4.69) is 9.89 Å². The highest BCUT2D eigenvalue weighted by molar-refractivity contribution is 7.90. The lowest BCUT2D eigenvalue weighted by Crippen LogP contribution is -2.33. The summed E-state index contributed by atoms with van der Waals surface area (Å²) in [6.07, 6.45) is -5.43. The minimum Gasteiger partial charge on any atom is -0.428 e. The number of ketones is 1. The molecule has 1 heterocycles. The first-order valence-electron chi connectivity index (χ1n) is 7.69. The summed E-state index contributed by atoms with van der Waals surface area (Å²) in [4.78, 5) is 12.1. The van der Waals surface area contributed by atoms with Gasteiger partial charge in [-0.2, -0.15) is 17.6 Å². The van der Waals surface area contributed by atoms with Crippen molar-refractivity contribution >= 4 is 15.6 Å². The van der Waals surface area contributed by atoms with Crippen LogP contribution in [0.3, 0.4) is 0 Å². The molecular formula is C16H13F4NO5S. The predicted molar refractivity (Wildman–Crippen MR) is 83.0 cm³/mol. The highest BCUT2D eigenvalue weighted by atomic mass is 32.2. The van der Waals surface area contributed by atoms with Crippen molar-refractivity contribution in [2.75, 3.05) is 6.26 Å². The van der Waals surface area contributed by atoms with Crippen molar-refractivity contribution in [3.63, 3.8) is 0 Å². The molecule has 1 aliphatic carbocycles. The molecule has 0 amide bonds. The number of ether oxygens (including phenoxy) is 1. The minimum absolute atomic E-state index is 0.0143. The fourth-order valence-electron chi connectivity index (χ4n) is 2.47. The number of sulfone groups is 1. The Morgan fingerprint density at radius 3 is 2.52 bits per heavy atom. The third kappa shape index (κ3) is 3.97. The molecule has 2 aromatic rings. The maximum Gasteiger partial charge on any atom is 0.461 e. The molecule has 0 aliphatic heterocycles. The van der Waals surface area contributed by atoms with Crippen LogP contribution >= 0.6 is 0 Å². The number of nitrogens with zero attached hydrogens (tertiary/aromatic N) is 1. The van der Waals surface area contributed by atoms with Crippen molar-refractivity contribution in [3.8, 4) is 5.75 Å². The minimum atomic E-state index is -4.81. The molecule has 1 aromatic carbocycles. The maximum absolute atomic E-state index is 13.1. The number of halogens is 4. The zero-order chi connectivity index (χ0) is 20.0. The van der Waals surface area contributed by atoms with Crippen molar-refractivity contribution in [2.24, 2.45) is 0 Å². The van der Waals surface area contributed by atoms with Crippen LogP contribution < -0.4 is 4.74 Å². The molecule has 0 saturated heterocycles. The van der Waals surface area contributed by atoms with Crippen molar-refractivity contribution in [1.29, 1.82) is 0 Å². The summed E-state index contributed by atoms with van der Waals surface area (Å²) in [5, 5.41) is 3.55. The lowest BCUT2D eigenvalue weighted by molar-refractivity contribution is -0.253. The number of hydrogen-bond donors (Lipinski definition) is 0. The second kappa shape index (κ2) is 6.63. The van der Waals surface area contributed by atoms with Gasteiger partial charge in [0.2, 0.25) is 0 Å². The highest BCUT2D eigenvalue weighted by Gasteiger charge is 2.44. The van der Waals surface area contributed by atoms with Gasteiger partial charge in [-0.05, 0) is 31.0 Å². The Morgan fingerprint density at radius 1 is 1.30 bits per heavy atom. The molecule has 0 unspecified atom stereocenters. The molecule has 1 saturated carbocycles. The first kappa shape index (κ1) is 19.3. The van der Waals surface area contributed by atoms with E-state index in [1.165, 1.54) is 0 Å². The van der Waals surface area contributed by atoms with Crippen LogP contribution in [-0.4, -0.2) is 38.1 Å². The Morgan fingerprint density at radius 2 is 1.96 bits per heavy atom. The average molecular weight is 407 g/mol. The summed E-state index contributed by atoms with van der Waals surface area (Å²) in [6.45, 7) is 0. The molecule has 0 spiro atoms. The van der Waals surface area contributed by atoms with Gasteiger partial charge in [0.25, 0.3) is 0 Å². The number of rotatable bonds is 7. The predicted octanol–water partition coefficient (Wildman–Crippen LogP) is 3.42. The van der Waals surface area contributed by atoms with Gasteiger partial charge < -0.3 is 9.26 Å². The van der Waals surface area contributed by atoms with Gasteiger partial charge in [-0.15, -0.1) is 0 Å². The van der Waals surface area contributed by atoms with Gasteiger partial charge in [0.15, 0.2) is 21.4 Å². The maximum atomic E-state index is 13.1. The van der Waals surface area contributed by atoms with E-state index >= 15 is 0 Å². The van der Waals surface area contributed by atoms with Gasteiger partial charge in [-0.3, -0.25) is 4.79 Å². The van der Waals surface area contributed by atoms with Crippen LogP contribution in [0.1, 0.15) is 40.4 Å². The Hall–Kier alpha value is -2.43. The molecule has 0 atom stereocenters. The molecule has 0 radical (unpaired) electrons. The van der Waals surface area contributed by atoms with E-state index in [0.29, 0.717) is 11.8 Å². The molecule has 11 heteroatoms. The number of benzene rings is 1. The van der Waals surface area contributed by atoms with E-state index < -0.39 is 38.8 Å². The van der Waals surface area contributed by atoms with Crippen LogP contribution in [0.25, 0.3) is 0 Å². The second-order valence-electron chi connectivity index (χ2n) is 6.10. The summed E-state index contributed by atoms with van der Waals surface area (Å²) < 4.78 is 83.7. The smallest absolute Gasteiger partial charge is 0.428 e. The van der Waals surface area contributed by atoms with Crippen LogP contribution in [-0.2, 0) is 9.84 Å². The van der Waals surface area contributed by atoms with Gasteiger partial charge in [0, 0.05) is 17.7 Å². The SMILES string of the molecule is CS(=O)(=O)c1cc(OC(F)(F)C(F)F)ccc1C(=O)c1cnoc1C1CC1. The molecule has 6 nitrogen and oxygen atoms in total. The van der Waals surface area contributed by atoms with E-state index in [9.17, 15) is 30.8 Å². The zero-order valence-electron chi connectivity index (χ0n) is 13.8. The van der Waals surface area contributed by atoms with E-state index in [-0.39, 0.29) is 17.0 Å². The van der Waals surface area contributed by atoms with Crippen LogP contribution in [0.15, 0.2) is 33.8 Å². The summed E-state index contributed by atoms with van der Waals surface area (Å²) in [5.41, 5.74) is -0.260. The molecular weight excluding hydrogens is 394 g/mol. The Balaban J connectivity index is 2.03. The zero-order valence-corrected chi connectivity index (χ0v) is 14.6. The number of aromatic nitrogens is 1. The third-order valence-corrected chi connectivity index (χ3v) is 5.03. The van der Waals surface area contributed by atoms with Crippen molar-refractivity contribution in [3.05, 3.63) is 41.3 Å². The topological polar surface area (TPSA) is 86.5 Å². The lowest BCUT2D eigenvalue weighted by atomic mass is 10.0. The number of carbonyl (C=O) groups is 1. The molecule has 27 heavy (non-hydrogen) atoms. The molecule has 1 fully saturated rings. The molecule has 1 aliphatic rings. The van der Waals surface area contributed by atoms with Gasteiger partial charge in [-0.25, -0.2) is 8.42 Å².